The van der Waals surface area contributed by atoms with Crippen molar-refractivity contribution in [2.75, 3.05) is 19.8 Å². The Labute approximate surface area is 94.1 Å². The largest absolute Gasteiger partial charge is 0.376 e. The molecule has 3 nitrogen and oxygen atoms in total. The highest BCUT2D eigenvalue weighted by atomic mass is 79.9. The quantitative estimate of drug-likeness (QED) is 0.777. The lowest BCUT2D eigenvalue weighted by Gasteiger charge is -2.20. The van der Waals surface area contributed by atoms with E-state index < -0.39 is 6.10 Å². The lowest BCUT2D eigenvalue weighted by molar-refractivity contribution is -0.0717. The minimum absolute atomic E-state index is 0.0143. The van der Waals surface area contributed by atoms with E-state index in [1.54, 1.807) is 6.07 Å². The zero-order valence-electron chi connectivity index (χ0n) is 7.36. The number of hydrogen-bond donors (Lipinski definition) is 0. The SMILES string of the molecule is O=C(c1ccc(Br)s1)C1COCCO1. The van der Waals surface area contributed by atoms with Crippen LogP contribution in [0.1, 0.15) is 9.67 Å². The molecule has 1 unspecified atom stereocenters. The zero-order valence-corrected chi connectivity index (χ0v) is 9.77. The van der Waals surface area contributed by atoms with E-state index in [1.165, 1.54) is 11.3 Å². The van der Waals surface area contributed by atoms with Gasteiger partial charge in [-0.05, 0) is 28.1 Å². The van der Waals surface area contributed by atoms with Gasteiger partial charge in [-0.15, -0.1) is 11.3 Å². The molecule has 0 radical (unpaired) electrons. The average Bonchev–Trinajstić information content (AvgIpc) is 2.65. The molecule has 0 saturated carbocycles. The lowest BCUT2D eigenvalue weighted by atomic mass is 10.2. The summed E-state index contributed by atoms with van der Waals surface area (Å²) in [5, 5.41) is 0. The maximum absolute atomic E-state index is 11.8. The topological polar surface area (TPSA) is 35.5 Å². The molecule has 14 heavy (non-hydrogen) atoms. The van der Waals surface area contributed by atoms with Gasteiger partial charge in [-0.3, -0.25) is 4.79 Å². The van der Waals surface area contributed by atoms with E-state index in [-0.39, 0.29) is 5.78 Å². The molecule has 1 aromatic heterocycles. The van der Waals surface area contributed by atoms with Crippen molar-refractivity contribution >= 4 is 33.0 Å². The second-order valence-corrected chi connectivity index (χ2v) is 5.37. The minimum atomic E-state index is -0.422. The van der Waals surface area contributed by atoms with E-state index in [2.05, 4.69) is 15.9 Å². The van der Waals surface area contributed by atoms with E-state index >= 15 is 0 Å². The van der Waals surface area contributed by atoms with Crippen molar-refractivity contribution in [3.63, 3.8) is 0 Å². The highest BCUT2D eigenvalue weighted by molar-refractivity contribution is 9.11. The molecule has 0 aromatic carbocycles. The van der Waals surface area contributed by atoms with Gasteiger partial charge < -0.3 is 9.47 Å². The molecule has 1 aromatic rings. The second-order valence-electron chi connectivity index (χ2n) is 2.90. The molecule has 1 aliphatic heterocycles. The first-order valence-corrected chi connectivity index (χ1v) is 5.87. The van der Waals surface area contributed by atoms with Crippen LogP contribution in [-0.4, -0.2) is 31.7 Å². The van der Waals surface area contributed by atoms with Crippen molar-refractivity contribution in [2.24, 2.45) is 0 Å². The van der Waals surface area contributed by atoms with Crippen molar-refractivity contribution in [3.05, 3.63) is 20.8 Å². The van der Waals surface area contributed by atoms with Crippen molar-refractivity contribution < 1.29 is 14.3 Å². The van der Waals surface area contributed by atoms with E-state index in [4.69, 9.17) is 9.47 Å². The van der Waals surface area contributed by atoms with Gasteiger partial charge in [-0.2, -0.15) is 0 Å². The van der Waals surface area contributed by atoms with Crippen LogP contribution in [0.4, 0.5) is 0 Å². The molecule has 1 saturated heterocycles. The van der Waals surface area contributed by atoms with Crippen LogP contribution in [0.5, 0.6) is 0 Å². The van der Waals surface area contributed by atoms with Crippen LogP contribution < -0.4 is 0 Å². The van der Waals surface area contributed by atoms with Crippen molar-refractivity contribution in [1.29, 1.82) is 0 Å². The fourth-order valence-corrected chi connectivity index (χ4v) is 2.61. The monoisotopic (exact) mass is 276 g/mol. The molecule has 0 N–H and O–H groups in total. The second kappa shape index (κ2) is 4.53. The summed E-state index contributed by atoms with van der Waals surface area (Å²) in [5.41, 5.74) is 0. The Balaban J connectivity index is 2.07. The number of rotatable bonds is 2. The Hall–Kier alpha value is -0.230. The molecule has 2 heterocycles. The van der Waals surface area contributed by atoms with Gasteiger partial charge in [0, 0.05) is 0 Å². The first-order chi connectivity index (χ1) is 6.77. The van der Waals surface area contributed by atoms with Crippen LogP contribution in [0.2, 0.25) is 0 Å². The number of thiophene rings is 1. The van der Waals surface area contributed by atoms with Gasteiger partial charge in [0.1, 0.15) is 6.10 Å². The summed E-state index contributed by atoms with van der Waals surface area (Å²) in [5.74, 6) is 0.0143. The maximum Gasteiger partial charge on any atom is 0.203 e. The number of Topliss-reactive ketones (excluding diaryl/α,β-unsaturated/α-hetero) is 1. The molecule has 1 aliphatic rings. The number of ketones is 1. The number of ether oxygens (including phenoxy) is 2. The summed E-state index contributed by atoms with van der Waals surface area (Å²) in [6, 6.07) is 3.66. The molecule has 76 valence electrons. The molecule has 1 atom stereocenters. The molecule has 0 bridgehead atoms. The number of halogens is 1. The summed E-state index contributed by atoms with van der Waals surface area (Å²) >= 11 is 4.74. The number of carbonyl (C=O) groups excluding carboxylic acids is 1. The number of carbonyl (C=O) groups is 1. The van der Waals surface area contributed by atoms with Gasteiger partial charge >= 0.3 is 0 Å². The Kier molecular flexibility index (Phi) is 3.33. The first-order valence-electron chi connectivity index (χ1n) is 4.26. The Morgan fingerprint density at radius 2 is 2.36 bits per heavy atom. The molecule has 5 heteroatoms. The van der Waals surface area contributed by atoms with E-state index in [0.29, 0.717) is 24.7 Å². The fourth-order valence-electron chi connectivity index (χ4n) is 1.24. The molecule has 2 rings (SSSR count). The maximum atomic E-state index is 11.8. The van der Waals surface area contributed by atoms with Crippen molar-refractivity contribution in [3.8, 4) is 0 Å². The van der Waals surface area contributed by atoms with Crippen LogP contribution in [-0.2, 0) is 9.47 Å². The van der Waals surface area contributed by atoms with Crippen LogP contribution in [0, 0.1) is 0 Å². The minimum Gasteiger partial charge on any atom is -0.376 e. The van der Waals surface area contributed by atoms with E-state index in [0.717, 1.165) is 3.79 Å². The Morgan fingerprint density at radius 3 is 2.93 bits per heavy atom. The summed E-state index contributed by atoms with van der Waals surface area (Å²) < 4.78 is 11.5. The Bertz CT molecular complexity index is 331. The van der Waals surface area contributed by atoms with Crippen LogP contribution in [0.15, 0.2) is 15.9 Å². The standard InChI is InChI=1S/C9H9BrO3S/c10-8-2-1-7(14-8)9(11)6-5-12-3-4-13-6/h1-2,6H,3-5H2. The third-order valence-corrected chi connectivity index (χ3v) is 3.56. The highest BCUT2D eigenvalue weighted by Gasteiger charge is 2.24. The molecule has 0 spiro atoms. The third-order valence-electron chi connectivity index (χ3n) is 1.92. The van der Waals surface area contributed by atoms with Gasteiger partial charge in [0.15, 0.2) is 0 Å². The average molecular weight is 277 g/mol. The zero-order chi connectivity index (χ0) is 9.97. The van der Waals surface area contributed by atoms with Crippen LogP contribution >= 0.6 is 27.3 Å². The van der Waals surface area contributed by atoms with E-state index in [1.807, 2.05) is 6.07 Å². The summed E-state index contributed by atoms with van der Waals surface area (Å²) in [4.78, 5) is 12.5. The normalized spacial score (nSPS) is 22.2. The third kappa shape index (κ3) is 2.23. The van der Waals surface area contributed by atoms with Gasteiger partial charge in [-0.25, -0.2) is 0 Å². The van der Waals surface area contributed by atoms with Gasteiger partial charge in [0.25, 0.3) is 0 Å². The first kappa shape index (κ1) is 10.3. The predicted molar refractivity (Wildman–Crippen MR) is 56.9 cm³/mol. The predicted octanol–water partition coefficient (Wildman–Crippen LogP) is 2.11. The van der Waals surface area contributed by atoms with Gasteiger partial charge in [0.2, 0.25) is 5.78 Å². The van der Waals surface area contributed by atoms with Crippen LogP contribution in [0.25, 0.3) is 0 Å². The smallest absolute Gasteiger partial charge is 0.203 e. The molecule has 1 fully saturated rings. The fraction of sp³-hybridized carbons (Fsp3) is 0.444. The summed E-state index contributed by atoms with van der Waals surface area (Å²) in [6.45, 7) is 1.45. The lowest BCUT2D eigenvalue weighted by Crippen LogP contribution is -2.35. The van der Waals surface area contributed by atoms with E-state index in [9.17, 15) is 4.79 Å². The Morgan fingerprint density at radius 1 is 1.50 bits per heavy atom. The molecule has 0 amide bonds. The van der Waals surface area contributed by atoms with Crippen LogP contribution in [0.3, 0.4) is 0 Å². The number of hydrogen-bond acceptors (Lipinski definition) is 4. The van der Waals surface area contributed by atoms with Crippen molar-refractivity contribution in [1.82, 2.24) is 0 Å². The van der Waals surface area contributed by atoms with Crippen molar-refractivity contribution in [2.45, 2.75) is 6.10 Å². The summed E-state index contributed by atoms with van der Waals surface area (Å²) in [6.07, 6.45) is -0.422. The van der Waals surface area contributed by atoms with Gasteiger partial charge in [0.05, 0.1) is 28.5 Å². The molecular formula is C9H9BrO3S. The molecule has 0 aliphatic carbocycles. The summed E-state index contributed by atoms with van der Waals surface area (Å²) in [7, 11) is 0. The molecular weight excluding hydrogens is 268 g/mol. The van der Waals surface area contributed by atoms with Gasteiger partial charge in [-0.1, -0.05) is 0 Å². The highest BCUT2D eigenvalue weighted by Crippen LogP contribution is 2.24.